The third-order valence-corrected chi connectivity index (χ3v) is 4.69. The van der Waals surface area contributed by atoms with Crippen molar-refractivity contribution in [3.05, 3.63) is 0 Å². The van der Waals surface area contributed by atoms with Gasteiger partial charge in [-0.3, -0.25) is 0 Å². The first-order valence-corrected chi connectivity index (χ1v) is 8.72. The van der Waals surface area contributed by atoms with E-state index in [4.69, 9.17) is 5.73 Å². The number of likely N-dealkylation sites (tertiary alicyclic amines) is 1. The highest BCUT2D eigenvalue weighted by molar-refractivity contribution is 4.74. The van der Waals surface area contributed by atoms with Gasteiger partial charge in [0.2, 0.25) is 0 Å². The number of hydrogen-bond donors (Lipinski definition) is 1. The highest BCUT2D eigenvalue weighted by atomic mass is 15.1. The normalized spacial score (nSPS) is 19.6. The highest BCUT2D eigenvalue weighted by Crippen LogP contribution is 2.20. The summed E-state index contributed by atoms with van der Waals surface area (Å²) in [5, 5.41) is 0. The molecule has 1 aliphatic heterocycles. The molecule has 20 heavy (non-hydrogen) atoms. The maximum atomic E-state index is 5.71. The molecule has 1 saturated heterocycles. The van der Waals surface area contributed by atoms with Crippen LogP contribution >= 0.6 is 0 Å². The van der Waals surface area contributed by atoms with Crippen molar-refractivity contribution in [1.82, 2.24) is 9.80 Å². The van der Waals surface area contributed by atoms with Crippen LogP contribution in [0, 0.1) is 11.8 Å². The Balaban J connectivity index is 2.11. The van der Waals surface area contributed by atoms with Crippen LogP contribution in [0.15, 0.2) is 0 Å². The lowest BCUT2D eigenvalue weighted by Gasteiger charge is -2.33. The van der Waals surface area contributed by atoms with E-state index in [0.29, 0.717) is 0 Å². The third-order valence-electron chi connectivity index (χ3n) is 4.69. The summed E-state index contributed by atoms with van der Waals surface area (Å²) in [6.45, 7) is 8.35. The molecule has 0 aliphatic carbocycles. The first-order chi connectivity index (χ1) is 9.65. The zero-order valence-electron chi connectivity index (χ0n) is 14.1. The van der Waals surface area contributed by atoms with Gasteiger partial charge in [0.1, 0.15) is 0 Å². The van der Waals surface area contributed by atoms with E-state index in [9.17, 15) is 0 Å². The highest BCUT2D eigenvalue weighted by Gasteiger charge is 2.19. The molecule has 0 amide bonds. The molecule has 1 rings (SSSR count). The zero-order valence-corrected chi connectivity index (χ0v) is 14.1. The first kappa shape index (κ1) is 17.9. The zero-order chi connectivity index (χ0) is 14.8. The molecule has 0 bridgehead atoms. The van der Waals surface area contributed by atoms with E-state index in [1.165, 1.54) is 71.1 Å². The minimum absolute atomic E-state index is 0.862. The Morgan fingerprint density at radius 1 is 1.15 bits per heavy atom. The molecule has 3 heteroatoms. The molecule has 1 atom stereocenters. The van der Waals surface area contributed by atoms with Gasteiger partial charge in [-0.2, -0.15) is 0 Å². The van der Waals surface area contributed by atoms with E-state index in [-0.39, 0.29) is 0 Å². The Labute approximate surface area is 126 Å². The van der Waals surface area contributed by atoms with Crippen molar-refractivity contribution in [2.75, 3.05) is 46.8 Å². The van der Waals surface area contributed by atoms with Gasteiger partial charge < -0.3 is 15.5 Å². The van der Waals surface area contributed by atoms with Crippen LogP contribution in [0.4, 0.5) is 0 Å². The maximum Gasteiger partial charge on any atom is 0.000451 e. The minimum Gasteiger partial charge on any atom is -0.330 e. The fraction of sp³-hybridized carbons (Fsp3) is 1.00. The number of piperidine rings is 1. The Kier molecular flexibility index (Phi) is 9.49. The van der Waals surface area contributed by atoms with Gasteiger partial charge in [-0.15, -0.1) is 0 Å². The van der Waals surface area contributed by atoms with Gasteiger partial charge in [0.25, 0.3) is 0 Å². The summed E-state index contributed by atoms with van der Waals surface area (Å²) in [6, 6.07) is 0. The topological polar surface area (TPSA) is 32.5 Å². The van der Waals surface area contributed by atoms with Crippen LogP contribution in [0.5, 0.6) is 0 Å². The SMILES string of the molecule is CCCC(CCN)CCCN1CCC(CN(C)C)CC1. The molecule has 1 fully saturated rings. The first-order valence-electron chi connectivity index (χ1n) is 8.72. The molecule has 1 unspecified atom stereocenters. The summed E-state index contributed by atoms with van der Waals surface area (Å²) >= 11 is 0. The maximum absolute atomic E-state index is 5.71. The van der Waals surface area contributed by atoms with Gasteiger partial charge in [0, 0.05) is 6.54 Å². The van der Waals surface area contributed by atoms with E-state index in [0.717, 1.165) is 18.4 Å². The van der Waals surface area contributed by atoms with E-state index in [1.54, 1.807) is 0 Å². The van der Waals surface area contributed by atoms with Gasteiger partial charge in [0.15, 0.2) is 0 Å². The van der Waals surface area contributed by atoms with Gasteiger partial charge in [-0.1, -0.05) is 19.8 Å². The van der Waals surface area contributed by atoms with Crippen molar-refractivity contribution >= 4 is 0 Å². The second kappa shape index (κ2) is 10.6. The molecule has 0 aromatic heterocycles. The lowest BCUT2D eigenvalue weighted by Crippen LogP contribution is -2.37. The number of nitrogens with zero attached hydrogens (tertiary/aromatic N) is 2. The average molecular weight is 284 g/mol. The molecule has 0 aromatic carbocycles. The second-order valence-corrected chi connectivity index (χ2v) is 6.92. The summed E-state index contributed by atoms with van der Waals surface area (Å²) < 4.78 is 0. The van der Waals surface area contributed by atoms with E-state index in [1.807, 2.05) is 0 Å². The Hall–Kier alpha value is -0.120. The fourth-order valence-electron chi connectivity index (χ4n) is 3.59. The van der Waals surface area contributed by atoms with Crippen LogP contribution in [-0.4, -0.2) is 56.6 Å². The van der Waals surface area contributed by atoms with Crippen molar-refractivity contribution in [2.45, 2.75) is 51.9 Å². The Bertz CT molecular complexity index is 216. The summed E-state index contributed by atoms with van der Waals surface area (Å²) in [4.78, 5) is 5.01. The molecule has 2 N–H and O–H groups in total. The largest absolute Gasteiger partial charge is 0.330 e. The summed E-state index contributed by atoms with van der Waals surface area (Å²) in [6.07, 6.45) is 9.41. The van der Waals surface area contributed by atoms with E-state index >= 15 is 0 Å². The molecule has 0 radical (unpaired) electrons. The Morgan fingerprint density at radius 3 is 2.40 bits per heavy atom. The van der Waals surface area contributed by atoms with E-state index in [2.05, 4.69) is 30.8 Å². The molecule has 120 valence electrons. The minimum atomic E-state index is 0.862. The smallest absolute Gasteiger partial charge is 0.000451 e. The number of nitrogens with two attached hydrogens (primary N) is 1. The molecule has 0 spiro atoms. The fourth-order valence-corrected chi connectivity index (χ4v) is 3.59. The Morgan fingerprint density at radius 2 is 1.85 bits per heavy atom. The molecule has 0 aromatic rings. The van der Waals surface area contributed by atoms with Crippen LogP contribution in [0.1, 0.15) is 51.9 Å². The quantitative estimate of drug-likeness (QED) is 0.669. The van der Waals surface area contributed by atoms with Crippen LogP contribution in [0.3, 0.4) is 0 Å². The van der Waals surface area contributed by atoms with Crippen LogP contribution < -0.4 is 5.73 Å². The van der Waals surface area contributed by atoms with Gasteiger partial charge in [0.05, 0.1) is 0 Å². The standard InChI is InChI=1S/C17H37N3/c1-4-6-16(8-11-18)7-5-12-20-13-9-17(10-14-20)15-19(2)3/h16-17H,4-15,18H2,1-3H3. The van der Waals surface area contributed by atoms with E-state index < -0.39 is 0 Å². The summed E-state index contributed by atoms with van der Waals surface area (Å²) in [5.74, 6) is 1.79. The number of hydrogen-bond acceptors (Lipinski definition) is 3. The van der Waals surface area contributed by atoms with Crippen molar-refractivity contribution in [3.8, 4) is 0 Å². The molecule has 1 aliphatic rings. The molecule has 1 heterocycles. The lowest BCUT2D eigenvalue weighted by molar-refractivity contribution is 0.158. The monoisotopic (exact) mass is 283 g/mol. The summed E-state index contributed by atoms with van der Waals surface area (Å²) in [5.41, 5.74) is 5.71. The van der Waals surface area contributed by atoms with Crippen LogP contribution in [-0.2, 0) is 0 Å². The van der Waals surface area contributed by atoms with Crippen LogP contribution in [0.25, 0.3) is 0 Å². The second-order valence-electron chi connectivity index (χ2n) is 6.92. The molecule has 3 nitrogen and oxygen atoms in total. The van der Waals surface area contributed by atoms with Gasteiger partial charge >= 0.3 is 0 Å². The van der Waals surface area contributed by atoms with Gasteiger partial charge in [-0.05, 0) is 84.2 Å². The average Bonchev–Trinajstić information content (AvgIpc) is 2.40. The molecular formula is C17H37N3. The van der Waals surface area contributed by atoms with Crippen molar-refractivity contribution in [1.29, 1.82) is 0 Å². The summed E-state index contributed by atoms with van der Waals surface area (Å²) in [7, 11) is 4.38. The van der Waals surface area contributed by atoms with Crippen molar-refractivity contribution in [3.63, 3.8) is 0 Å². The predicted octanol–water partition coefficient (Wildman–Crippen LogP) is 2.81. The van der Waals surface area contributed by atoms with Gasteiger partial charge in [-0.25, -0.2) is 0 Å². The number of rotatable bonds is 10. The lowest BCUT2D eigenvalue weighted by atomic mass is 9.93. The third kappa shape index (κ3) is 7.61. The van der Waals surface area contributed by atoms with Crippen LogP contribution in [0.2, 0.25) is 0 Å². The predicted molar refractivity (Wildman–Crippen MR) is 89.0 cm³/mol. The van der Waals surface area contributed by atoms with Crippen molar-refractivity contribution < 1.29 is 0 Å². The molecular weight excluding hydrogens is 246 g/mol. The molecule has 0 saturated carbocycles. The van der Waals surface area contributed by atoms with Crippen molar-refractivity contribution in [2.24, 2.45) is 17.6 Å².